The van der Waals surface area contributed by atoms with E-state index in [0.717, 1.165) is 16.4 Å². The maximum Gasteiger partial charge on any atom is 0.191 e. The van der Waals surface area contributed by atoms with Crippen molar-refractivity contribution in [3.63, 3.8) is 0 Å². The van der Waals surface area contributed by atoms with E-state index in [9.17, 15) is 0 Å². The molecule has 0 atom stereocenters. The van der Waals surface area contributed by atoms with Crippen LogP contribution in [-0.4, -0.2) is 9.97 Å². The Balaban J connectivity index is 2.62. The molecule has 0 saturated heterocycles. The molecule has 0 fully saturated rings. The van der Waals surface area contributed by atoms with E-state index in [1.165, 1.54) is 6.33 Å². The molecule has 0 N–H and O–H groups in total. The van der Waals surface area contributed by atoms with Gasteiger partial charge in [-0.05, 0) is 6.07 Å². The first-order chi connectivity index (χ1) is 5.93. The second kappa shape index (κ2) is 1.85. The molecule has 0 aliphatic heterocycles. The predicted octanol–water partition coefficient (Wildman–Crippen LogP) is 1.97. The van der Waals surface area contributed by atoms with Crippen LogP contribution < -0.4 is 0 Å². The van der Waals surface area contributed by atoms with Gasteiger partial charge in [-0.1, -0.05) is 0 Å². The Morgan fingerprint density at radius 3 is 2.83 bits per heavy atom. The lowest BCUT2D eigenvalue weighted by atomic mass is 10.2. The highest BCUT2D eigenvalue weighted by Gasteiger charge is 2.03. The van der Waals surface area contributed by atoms with Gasteiger partial charge >= 0.3 is 0 Å². The minimum atomic E-state index is 0.697. The normalized spacial score (nSPS) is 11.3. The van der Waals surface area contributed by atoms with Gasteiger partial charge in [0.15, 0.2) is 11.8 Å². The number of hydrogen-bond donors (Lipinski definition) is 0. The first-order valence-corrected chi connectivity index (χ1v) is 3.51. The fraction of sp³-hybridized carbons (Fsp3) is 0. The molecule has 0 amide bonds. The van der Waals surface area contributed by atoms with Gasteiger partial charge in [0.25, 0.3) is 0 Å². The van der Waals surface area contributed by atoms with E-state index < -0.39 is 0 Å². The van der Waals surface area contributed by atoms with Crippen LogP contribution >= 0.6 is 0 Å². The first kappa shape index (κ1) is 5.77. The maximum absolute atomic E-state index is 4.85. The van der Waals surface area contributed by atoms with Crippen LogP contribution in [0.2, 0.25) is 0 Å². The summed E-state index contributed by atoms with van der Waals surface area (Å²) < 4.78 is 9.53. The number of benzene rings is 1. The smallest absolute Gasteiger partial charge is 0.191 e. The van der Waals surface area contributed by atoms with E-state index in [1.807, 2.05) is 6.07 Å². The fourth-order valence-electron chi connectivity index (χ4n) is 1.23. The molecule has 0 spiro atoms. The van der Waals surface area contributed by atoms with Crippen molar-refractivity contribution < 1.29 is 9.15 Å². The summed E-state index contributed by atoms with van der Waals surface area (Å²) >= 11 is 0. The molecule has 0 aliphatic rings. The second-order valence-electron chi connectivity index (χ2n) is 2.55. The second-order valence-corrected chi connectivity index (χ2v) is 2.55. The molecule has 0 unspecified atom stereocenters. The van der Waals surface area contributed by atoms with Crippen molar-refractivity contribution >= 4 is 22.0 Å². The highest BCUT2D eigenvalue weighted by atomic mass is 17.0. The molecular formula is C8H4N2O2. The van der Waals surface area contributed by atoms with Gasteiger partial charge in [-0.3, -0.25) is 9.15 Å². The lowest BCUT2D eigenvalue weighted by Crippen LogP contribution is -1.68. The van der Waals surface area contributed by atoms with Crippen LogP contribution in [0.5, 0.6) is 0 Å². The SMILES string of the molecule is c1nc2cc3cooc3cc2n1. The average molecular weight is 160 g/mol. The Kier molecular flexibility index (Phi) is 0.889. The lowest BCUT2D eigenvalue weighted by molar-refractivity contribution is 0.0792. The molecule has 1 aromatic carbocycles. The van der Waals surface area contributed by atoms with Crippen LogP contribution in [0.3, 0.4) is 0 Å². The summed E-state index contributed by atoms with van der Waals surface area (Å²) in [6.45, 7) is 0. The maximum atomic E-state index is 4.85. The quantitative estimate of drug-likeness (QED) is 0.472. The number of imidazole rings is 1. The Hall–Kier alpha value is -1.84. The molecule has 0 radical (unpaired) electrons. The summed E-state index contributed by atoms with van der Waals surface area (Å²) in [5, 5.41) is 0.906. The Bertz CT molecular complexity index is 447. The molecule has 4 nitrogen and oxygen atoms in total. The number of hydrogen-bond acceptors (Lipinski definition) is 4. The number of nitrogens with zero attached hydrogens (tertiary/aromatic N) is 2. The molecule has 3 aromatic rings. The third kappa shape index (κ3) is 0.611. The fourth-order valence-corrected chi connectivity index (χ4v) is 1.23. The van der Waals surface area contributed by atoms with Crippen LogP contribution in [0.4, 0.5) is 0 Å². The molecule has 4 heteroatoms. The van der Waals surface area contributed by atoms with Gasteiger partial charge in [0, 0.05) is 6.07 Å². The Labute approximate surface area is 66.7 Å². The van der Waals surface area contributed by atoms with Gasteiger partial charge in [-0.2, -0.15) is 0 Å². The van der Waals surface area contributed by atoms with Crippen LogP contribution in [0, 0.1) is 0 Å². The topological polar surface area (TPSA) is 52.1 Å². The minimum Gasteiger partial charge on any atom is -0.297 e. The monoisotopic (exact) mass is 160 g/mol. The van der Waals surface area contributed by atoms with Crippen molar-refractivity contribution in [3.05, 3.63) is 24.7 Å². The Morgan fingerprint density at radius 1 is 1.08 bits per heavy atom. The zero-order chi connectivity index (χ0) is 7.97. The van der Waals surface area contributed by atoms with E-state index in [-0.39, 0.29) is 0 Å². The molecule has 0 saturated carbocycles. The summed E-state index contributed by atoms with van der Waals surface area (Å²) in [6, 6.07) is 3.69. The highest BCUT2D eigenvalue weighted by Crippen LogP contribution is 2.20. The summed E-state index contributed by atoms with van der Waals surface area (Å²) in [7, 11) is 0. The van der Waals surface area contributed by atoms with E-state index in [4.69, 9.17) is 4.58 Å². The van der Waals surface area contributed by atoms with Gasteiger partial charge in [0.05, 0.1) is 16.4 Å². The summed E-state index contributed by atoms with van der Waals surface area (Å²) in [4.78, 5) is 8.09. The minimum absolute atomic E-state index is 0.697. The average Bonchev–Trinajstić information content (AvgIpc) is 2.64. The first-order valence-electron chi connectivity index (χ1n) is 3.51. The molecule has 58 valence electrons. The van der Waals surface area contributed by atoms with E-state index >= 15 is 0 Å². The highest BCUT2D eigenvalue weighted by molar-refractivity contribution is 5.91. The van der Waals surface area contributed by atoms with Crippen molar-refractivity contribution in [2.75, 3.05) is 0 Å². The lowest BCUT2D eigenvalue weighted by Gasteiger charge is -1.84. The third-order valence-corrected chi connectivity index (χ3v) is 1.81. The zero-order valence-electron chi connectivity index (χ0n) is 6.02. The van der Waals surface area contributed by atoms with Gasteiger partial charge in [-0.15, -0.1) is 0 Å². The number of fused-ring (bicyclic) bond motifs is 2. The largest absolute Gasteiger partial charge is 0.297 e. The van der Waals surface area contributed by atoms with E-state index in [1.54, 1.807) is 12.3 Å². The Morgan fingerprint density at radius 2 is 1.92 bits per heavy atom. The van der Waals surface area contributed by atoms with Crippen molar-refractivity contribution in [1.82, 2.24) is 9.97 Å². The third-order valence-electron chi connectivity index (χ3n) is 1.81. The zero-order valence-corrected chi connectivity index (χ0v) is 6.02. The standard InChI is InChI=1S/C8H4N2O2/c1-5-3-11-12-8(5)2-7-6(1)9-4-10-7/h1-4H. The van der Waals surface area contributed by atoms with Gasteiger partial charge in [-0.25, -0.2) is 9.97 Å². The van der Waals surface area contributed by atoms with Gasteiger partial charge < -0.3 is 0 Å². The van der Waals surface area contributed by atoms with E-state index in [2.05, 4.69) is 14.5 Å². The van der Waals surface area contributed by atoms with Crippen LogP contribution in [0.25, 0.3) is 22.0 Å². The van der Waals surface area contributed by atoms with E-state index in [0.29, 0.717) is 5.58 Å². The number of aromatic nitrogens is 2. The van der Waals surface area contributed by atoms with Crippen LogP contribution in [-0.2, 0) is 0 Å². The summed E-state index contributed by atoms with van der Waals surface area (Å²) in [5.74, 6) is 0. The molecule has 0 aliphatic carbocycles. The van der Waals surface area contributed by atoms with Gasteiger partial charge in [0.1, 0.15) is 6.33 Å². The molecule has 12 heavy (non-hydrogen) atoms. The molecule has 2 heterocycles. The molecular weight excluding hydrogens is 156 g/mol. The predicted molar refractivity (Wildman–Crippen MR) is 41.6 cm³/mol. The van der Waals surface area contributed by atoms with Crippen molar-refractivity contribution in [1.29, 1.82) is 0 Å². The van der Waals surface area contributed by atoms with Crippen molar-refractivity contribution in [3.8, 4) is 0 Å². The summed E-state index contributed by atoms with van der Waals surface area (Å²) in [5.41, 5.74) is 2.38. The van der Waals surface area contributed by atoms with Crippen LogP contribution in [0.15, 0.2) is 33.9 Å². The molecule has 0 bridgehead atoms. The summed E-state index contributed by atoms with van der Waals surface area (Å²) in [6.07, 6.45) is 3.07. The van der Waals surface area contributed by atoms with Crippen molar-refractivity contribution in [2.45, 2.75) is 0 Å². The van der Waals surface area contributed by atoms with Crippen molar-refractivity contribution in [2.24, 2.45) is 0 Å². The molecule has 3 rings (SSSR count). The molecule has 2 aromatic heterocycles. The van der Waals surface area contributed by atoms with Gasteiger partial charge in [0.2, 0.25) is 0 Å². The number of rotatable bonds is 0. The van der Waals surface area contributed by atoms with Crippen LogP contribution in [0.1, 0.15) is 0 Å².